The lowest BCUT2D eigenvalue weighted by Gasteiger charge is -2.41. The molecule has 0 atom stereocenters. The Hall–Kier alpha value is -1.63. The van der Waals surface area contributed by atoms with Crippen molar-refractivity contribution in [3.8, 4) is 0 Å². The molecule has 1 aromatic rings. The van der Waals surface area contributed by atoms with Gasteiger partial charge in [0.15, 0.2) is 0 Å². The number of ether oxygens (including phenoxy) is 1. The maximum absolute atomic E-state index is 13.2. The number of hydrogen-bond donors (Lipinski definition) is 1. The number of benzene rings is 1. The summed E-state index contributed by atoms with van der Waals surface area (Å²) in [5, 5.41) is 9.71. The number of carbonyl (C=O) groups is 1. The Bertz CT molecular complexity index is 631. The van der Waals surface area contributed by atoms with Crippen molar-refractivity contribution in [1.29, 1.82) is 0 Å². The SMILES string of the molecule is O=C(c1ccccc1N1CCOCC1)N1CCC(N2CCC(O)CC2)CC1. The van der Waals surface area contributed by atoms with Crippen LogP contribution in [0.4, 0.5) is 5.69 Å². The van der Waals surface area contributed by atoms with Crippen LogP contribution in [0.25, 0.3) is 0 Å². The molecule has 3 heterocycles. The van der Waals surface area contributed by atoms with Crippen LogP contribution < -0.4 is 4.90 Å². The summed E-state index contributed by atoms with van der Waals surface area (Å²) in [7, 11) is 0. The van der Waals surface area contributed by atoms with Crippen molar-refractivity contribution in [3.63, 3.8) is 0 Å². The van der Waals surface area contributed by atoms with Crippen LogP contribution in [0.2, 0.25) is 0 Å². The lowest BCUT2D eigenvalue weighted by atomic mass is 9.98. The second-order valence-corrected chi connectivity index (χ2v) is 7.91. The standard InChI is InChI=1S/C21H31N3O3/c25-18-7-11-22(12-8-18)17-5-9-24(10-6-17)21(26)19-3-1-2-4-20(19)23-13-15-27-16-14-23/h1-4,17-18,25H,5-16H2. The molecule has 0 aliphatic carbocycles. The Kier molecular flexibility index (Phi) is 5.95. The minimum atomic E-state index is -0.125. The minimum Gasteiger partial charge on any atom is -0.393 e. The van der Waals surface area contributed by atoms with Gasteiger partial charge < -0.3 is 24.5 Å². The van der Waals surface area contributed by atoms with E-state index in [2.05, 4.69) is 15.9 Å². The van der Waals surface area contributed by atoms with Crippen molar-refractivity contribution in [1.82, 2.24) is 9.80 Å². The van der Waals surface area contributed by atoms with E-state index in [4.69, 9.17) is 4.74 Å². The molecule has 1 amide bonds. The summed E-state index contributed by atoms with van der Waals surface area (Å²) in [6.45, 7) is 6.73. The molecule has 6 nitrogen and oxygen atoms in total. The van der Waals surface area contributed by atoms with Crippen LogP contribution in [0.3, 0.4) is 0 Å². The van der Waals surface area contributed by atoms with Crippen LogP contribution in [0.15, 0.2) is 24.3 Å². The van der Waals surface area contributed by atoms with E-state index in [9.17, 15) is 9.90 Å². The molecular formula is C21H31N3O3. The summed E-state index contributed by atoms with van der Waals surface area (Å²) in [5.41, 5.74) is 1.86. The summed E-state index contributed by atoms with van der Waals surface area (Å²) >= 11 is 0. The van der Waals surface area contributed by atoms with Crippen molar-refractivity contribution in [2.24, 2.45) is 0 Å². The monoisotopic (exact) mass is 373 g/mol. The lowest BCUT2D eigenvalue weighted by Crippen LogP contribution is -2.49. The van der Waals surface area contributed by atoms with Crippen molar-refractivity contribution < 1.29 is 14.6 Å². The van der Waals surface area contributed by atoms with Gasteiger partial charge in [0.25, 0.3) is 5.91 Å². The first kappa shape index (κ1) is 18.7. The molecule has 148 valence electrons. The molecule has 1 aromatic carbocycles. The summed E-state index contributed by atoms with van der Waals surface area (Å²) in [6.07, 6.45) is 3.70. The third-order valence-electron chi connectivity index (χ3n) is 6.25. The van der Waals surface area contributed by atoms with Gasteiger partial charge in [0.05, 0.1) is 24.9 Å². The Morgan fingerprint density at radius 2 is 1.59 bits per heavy atom. The molecule has 0 aromatic heterocycles. The average molecular weight is 373 g/mol. The van der Waals surface area contributed by atoms with Gasteiger partial charge in [-0.3, -0.25) is 4.79 Å². The van der Waals surface area contributed by atoms with Crippen LogP contribution in [0, 0.1) is 0 Å². The van der Waals surface area contributed by atoms with Crippen molar-refractivity contribution >= 4 is 11.6 Å². The maximum atomic E-state index is 13.2. The predicted molar refractivity (Wildman–Crippen MR) is 105 cm³/mol. The number of rotatable bonds is 3. The fourth-order valence-electron chi connectivity index (χ4n) is 4.59. The topological polar surface area (TPSA) is 56.2 Å². The number of hydrogen-bond acceptors (Lipinski definition) is 5. The molecule has 0 spiro atoms. The highest BCUT2D eigenvalue weighted by atomic mass is 16.5. The fourth-order valence-corrected chi connectivity index (χ4v) is 4.59. The van der Waals surface area contributed by atoms with E-state index >= 15 is 0 Å². The van der Waals surface area contributed by atoms with E-state index in [0.717, 1.165) is 89.4 Å². The molecule has 4 rings (SSSR count). The van der Waals surface area contributed by atoms with Gasteiger partial charge in [-0.25, -0.2) is 0 Å². The van der Waals surface area contributed by atoms with E-state index in [0.29, 0.717) is 6.04 Å². The van der Waals surface area contributed by atoms with Crippen molar-refractivity contribution in [3.05, 3.63) is 29.8 Å². The van der Waals surface area contributed by atoms with Gasteiger partial charge in [-0.15, -0.1) is 0 Å². The number of para-hydroxylation sites is 1. The van der Waals surface area contributed by atoms with Gasteiger partial charge in [-0.1, -0.05) is 12.1 Å². The smallest absolute Gasteiger partial charge is 0.255 e. The van der Waals surface area contributed by atoms with Crippen LogP contribution in [-0.2, 0) is 4.74 Å². The molecule has 3 aliphatic heterocycles. The molecule has 27 heavy (non-hydrogen) atoms. The second kappa shape index (κ2) is 8.59. The largest absolute Gasteiger partial charge is 0.393 e. The summed E-state index contributed by atoms with van der Waals surface area (Å²) in [6, 6.07) is 8.55. The van der Waals surface area contributed by atoms with Crippen LogP contribution in [0.1, 0.15) is 36.0 Å². The summed E-state index contributed by atoms with van der Waals surface area (Å²) < 4.78 is 5.46. The van der Waals surface area contributed by atoms with Gasteiger partial charge in [0, 0.05) is 51.0 Å². The van der Waals surface area contributed by atoms with Gasteiger partial charge in [0.2, 0.25) is 0 Å². The molecule has 0 radical (unpaired) electrons. The van der Waals surface area contributed by atoms with Crippen LogP contribution >= 0.6 is 0 Å². The summed E-state index contributed by atoms with van der Waals surface area (Å²) in [5.74, 6) is 0.157. The third-order valence-corrected chi connectivity index (χ3v) is 6.25. The Morgan fingerprint density at radius 3 is 2.30 bits per heavy atom. The first-order chi connectivity index (χ1) is 13.2. The van der Waals surface area contributed by atoms with Gasteiger partial charge in [0.1, 0.15) is 0 Å². The Morgan fingerprint density at radius 1 is 0.926 bits per heavy atom. The van der Waals surface area contributed by atoms with E-state index in [-0.39, 0.29) is 12.0 Å². The highest BCUT2D eigenvalue weighted by Gasteiger charge is 2.30. The van der Waals surface area contributed by atoms with E-state index in [1.807, 2.05) is 23.1 Å². The number of nitrogens with zero attached hydrogens (tertiary/aromatic N) is 3. The number of carbonyl (C=O) groups excluding carboxylic acids is 1. The first-order valence-corrected chi connectivity index (χ1v) is 10.4. The minimum absolute atomic E-state index is 0.125. The molecule has 1 N–H and O–H groups in total. The number of piperidine rings is 2. The van der Waals surface area contributed by atoms with Crippen LogP contribution in [-0.4, -0.2) is 85.4 Å². The normalized spacial score (nSPS) is 23.6. The zero-order chi connectivity index (χ0) is 18.6. The Balaban J connectivity index is 1.38. The highest BCUT2D eigenvalue weighted by molar-refractivity contribution is 5.99. The molecule has 3 fully saturated rings. The second-order valence-electron chi connectivity index (χ2n) is 7.91. The zero-order valence-electron chi connectivity index (χ0n) is 16.1. The van der Waals surface area contributed by atoms with Gasteiger partial charge >= 0.3 is 0 Å². The molecule has 3 aliphatic rings. The average Bonchev–Trinajstić information content (AvgIpc) is 2.74. The lowest BCUT2D eigenvalue weighted by molar-refractivity contribution is 0.0357. The molecule has 0 bridgehead atoms. The number of aliphatic hydroxyl groups is 1. The molecule has 0 saturated carbocycles. The number of likely N-dealkylation sites (tertiary alicyclic amines) is 2. The highest BCUT2D eigenvalue weighted by Crippen LogP contribution is 2.26. The summed E-state index contributed by atoms with van der Waals surface area (Å²) in [4.78, 5) is 20.0. The van der Waals surface area contributed by atoms with E-state index < -0.39 is 0 Å². The van der Waals surface area contributed by atoms with E-state index in [1.165, 1.54) is 0 Å². The fraction of sp³-hybridized carbons (Fsp3) is 0.667. The van der Waals surface area contributed by atoms with Gasteiger partial charge in [-0.2, -0.15) is 0 Å². The maximum Gasteiger partial charge on any atom is 0.255 e. The predicted octanol–water partition coefficient (Wildman–Crippen LogP) is 1.58. The van der Waals surface area contributed by atoms with Gasteiger partial charge in [-0.05, 0) is 37.8 Å². The number of aliphatic hydroxyl groups excluding tert-OH is 1. The molecular weight excluding hydrogens is 342 g/mol. The number of anilines is 1. The van der Waals surface area contributed by atoms with E-state index in [1.54, 1.807) is 0 Å². The zero-order valence-corrected chi connectivity index (χ0v) is 16.1. The quantitative estimate of drug-likeness (QED) is 0.872. The molecule has 0 unspecified atom stereocenters. The van der Waals surface area contributed by atoms with Crippen LogP contribution in [0.5, 0.6) is 0 Å². The molecule has 6 heteroatoms. The van der Waals surface area contributed by atoms with Crippen molar-refractivity contribution in [2.75, 3.05) is 57.4 Å². The number of amides is 1. The first-order valence-electron chi connectivity index (χ1n) is 10.4. The van der Waals surface area contributed by atoms with Crippen molar-refractivity contribution in [2.45, 2.75) is 37.8 Å². The molecule has 3 saturated heterocycles. The number of morpholine rings is 1. The third kappa shape index (κ3) is 4.28. The Labute approximate surface area is 161 Å².